The maximum absolute atomic E-state index is 11.9. The molecule has 0 spiro atoms. The summed E-state index contributed by atoms with van der Waals surface area (Å²) in [6.45, 7) is 4.26. The highest BCUT2D eigenvalue weighted by atomic mass is 35.5. The normalized spacial score (nSPS) is 11.8. The van der Waals surface area contributed by atoms with Crippen LogP contribution in [0.15, 0.2) is 42.5 Å². The third kappa shape index (κ3) is 5.45. The molecule has 2 rings (SSSR count). The number of nitrogens with one attached hydrogen (secondary N) is 1. The lowest BCUT2D eigenvalue weighted by Gasteiger charge is -2.11. The van der Waals surface area contributed by atoms with E-state index in [4.69, 9.17) is 27.9 Å². The number of benzene rings is 2. The van der Waals surface area contributed by atoms with Gasteiger partial charge in [0.15, 0.2) is 6.61 Å². The number of anilines is 1. The van der Waals surface area contributed by atoms with Gasteiger partial charge >= 0.3 is 0 Å². The highest BCUT2D eigenvalue weighted by Gasteiger charge is 2.07. The van der Waals surface area contributed by atoms with Crippen LogP contribution in [0, 0.1) is 0 Å². The summed E-state index contributed by atoms with van der Waals surface area (Å²) in [5.74, 6) is 0.908. The molecule has 0 aliphatic rings. The third-order valence-corrected chi connectivity index (χ3v) is 4.01. The van der Waals surface area contributed by atoms with Gasteiger partial charge < -0.3 is 10.1 Å². The summed E-state index contributed by atoms with van der Waals surface area (Å²) < 4.78 is 5.49. The Morgan fingerprint density at radius 3 is 2.30 bits per heavy atom. The van der Waals surface area contributed by atoms with Crippen LogP contribution >= 0.6 is 23.2 Å². The number of hydrogen-bond acceptors (Lipinski definition) is 2. The van der Waals surface area contributed by atoms with Crippen LogP contribution in [-0.2, 0) is 4.79 Å². The lowest BCUT2D eigenvalue weighted by molar-refractivity contribution is -0.118. The van der Waals surface area contributed by atoms with Crippen LogP contribution in [-0.4, -0.2) is 12.5 Å². The van der Waals surface area contributed by atoms with Crippen molar-refractivity contribution in [2.24, 2.45) is 0 Å². The lowest BCUT2D eigenvalue weighted by Crippen LogP contribution is -2.20. The average molecular weight is 352 g/mol. The van der Waals surface area contributed by atoms with Crippen LogP contribution in [0.1, 0.15) is 31.7 Å². The fraction of sp³-hybridized carbons (Fsp3) is 0.278. The molecule has 0 radical (unpaired) electrons. The lowest BCUT2D eigenvalue weighted by atomic mass is 9.99. The predicted molar refractivity (Wildman–Crippen MR) is 95.7 cm³/mol. The Morgan fingerprint density at radius 2 is 1.74 bits per heavy atom. The van der Waals surface area contributed by atoms with Crippen molar-refractivity contribution in [1.82, 2.24) is 0 Å². The first-order chi connectivity index (χ1) is 11.0. The van der Waals surface area contributed by atoms with Crippen molar-refractivity contribution in [3.63, 3.8) is 0 Å². The van der Waals surface area contributed by atoms with Crippen LogP contribution in [0.3, 0.4) is 0 Å². The van der Waals surface area contributed by atoms with Crippen LogP contribution in [0.4, 0.5) is 5.69 Å². The van der Waals surface area contributed by atoms with Crippen LogP contribution in [0.2, 0.25) is 10.0 Å². The summed E-state index contributed by atoms with van der Waals surface area (Å²) in [6, 6.07) is 12.7. The predicted octanol–water partition coefficient (Wildman–Crippen LogP) is 5.52. The van der Waals surface area contributed by atoms with Gasteiger partial charge in [-0.2, -0.15) is 0 Å². The van der Waals surface area contributed by atoms with Crippen molar-refractivity contribution in [2.75, 3.05) is 11.9 Å². The highest BCUT2D eigenvalue weighted by Crippen LogP contribution is 2.23. The molecule has 23 heavy (non-hydrogen) atoms. The average Bonchev–Trinajstić information content (AvgIpc) is 2.51. The molecule has 1 atom stereocenters. The second-order valence-corrected chi connectivity index (χ2v) is 6.25. The fourth-order valence-electron chi connectivity index (χ4n) is 2.10. The molecule has 5 heteroatoms. The van der Waals surface area contributed by atoms with Crippen molar-refractivity contribution in [3.8, 4) is 5.75 Å². The molecule has 0 saturated carbocycles. The Hall–Kier alpha value is -1.71. The summed E-state index contributed by atoms with van der Waals surface area (Å²) >= 11 is 11.8. The van der Waals surface area contributed by atoms with Crippen molar-refractivity contribution in [2.45, 2.75) is 26.2 Å². The molecule has 1 amide bonds. The minimum atomic E-state index is -0.269. The van der Waals surface area contributed by atoms with E-state index in [-0.39, 0.29) is 12.5 Å². The monoisotopic (exact) mass is 351 g/mol. The van der Waals surface area contributed by atoms with E-state index in [1.807, 2.05) is 24.3 Å². The van der Waals surface area contributed by atoms with Crippen LogP contribution in [0.25, 0.3) is 0 Å². The van der Waals surface area contributed by atoms with Crippen molar-refractivity contribution in [1.29, 1.82) is 0 Å². The minimum Gasteiger partial charge on any atom is -0.484 e. The number of hydrogen-bond donors (Lipinski definition) is 1. The van der Waals surface area contributed by atoms with E-state index in [1.165, 1.54) is 5.56 Å². The molecule has 122 valence electrons. The second-order valence-electron chi connectivity index (χ2n) is 5.37. The van der Waals surface area contributed by atoms with Gasteiger partial charge in [0.2, 0.25) is 0 Å². The maximum Gasteiger partial charge on any atom is 0.262 e. The summed E-state index contributed by atoms with van der Waals surface area (Å²) in [5, 5.41) is 3.63. The topological polar surface area (TPSA) is 38.3 Å². The molecule has 0 fully saturated rings. The Balaban J connectivity index is 1.89. The smallest absolute Gasteiger partial charge is 0.262 e. The molecule has 0 aromatic heterocycles. The SMILES string of the molecule is CCC(C)c1ccc(OCC(=O)Nc2cc(Cl)cc(Cl)c2)cc1. The molecule has 0 aliphatic carbocycles. The van der Waals surface area contributed by atoms with Gasteiger partial charge in [-0.3, -0.25) is 4.79 Å². The third-order valence-electron chi connectivity index (χ3n) is 3.58. The molecule has 0 bridgehead atoms. The standard InChI is InChI=1S/C18H19Cl2NO2/c1-3-12(2)13-4-6-17(7-5-13)23-11-18(22)21-16-9-14(19)8-15(20)10-16/h4-10,12H,3,11H2,1-2H3,(H,21,22). The molecular formula is C18H19Cl2NO2. The van der Waals surface area contributed by atoms with Gasteiger partial charge in [0.25, 0.3) is 5.91 Å². The molecule has 2 aromatic rings. The summed E-state index contributed by atoms with van der Waals surface area (Å²) in [6.07, 6.45) is 1.09. The highest BCUT2D eigenvalue weighted by molar-refractivity contribution is 6.35. The molecule has 0 saturated heterocycles. The molecular weight excluding hydrogens is 333 g/mol. The zero-order valence-electron chi connectivity index (χ0n) is 13.1. The first-order valence-electron chi connectivity index (χ1n) is 7.46. The van der Waals surface area contributed by atoms with E-state index in [1.54, 1.807) is 18.2 Å². The van der Waals surface area contributed by atoms with Gasteiger partial charge in [-0.1, -0.05) is 49.2 Å². The van der Waals surface area contributed by atoms with E-state index in [2.05, 4.69) is 19.2 Å². The Labute approximate surface area is 146 Å². The molecule has 2 aromatic carbocycles. The number of ether oxygens (including phenoxy) is 1. The van der Waals surface area contributed by atoms with E-state index in [0.717, 1.165) is 6.42 Å². The van der Waals surface area contributed by atoms with Gasteiger partial charge in [-0.05, 0) is 48.2 Å². The van der Waals surface area contributed by atoms with Gasteiger partial charge in [0, 0.05) is 15.7 Å². The number of rotatable bonds is 6. The van der Waals surface area contributed by atoms with E-state index in [0.29, 0.717) is 27.4 Å². The zero-order chi connectivity index (χ0) is 16.8. The van der Waals surface area contributed by atoms with Gasteiger partial charge in [-0.25, -0.2) is 0 Å². The zero-order valence-corrected chi connectivity index (χ0v) is 14.6. The minimum absolute atomic E-state index is 0.0766. The number of amides is 1. The molecule has 1 N–H and O–H groups in total. The van der Waals surface area contributed by atoms with Gasteiger partial charge in [-0.15, -0.1) is 0 Å². The number of halogens is 2. The Bertz CT molecular complexity index is 651. The van der Waals surface area contributed by atoms with Crippen molar-refractivity contribution in [3.05, 3.63) is 58.1 Å². The van der Waals surface area contributed by atoms with E-state index in [9.17, 15) is 4.79 Å². The number of carbonyl (C=O) groups excluding carboxylic acids is 1. The molecule has 3 nitrogen and oxygen atoms in total. The number of carbonyl (C=O) groups is 1. The Kier molecular flexibility index (Phi) is 6.31. The quantitative estimate of drug-likeness (QED) is 0.743. The first kappa shape index (κ1) is 17.6. The molecule has 0 heterocycles. The maximum atomic E-state index is 11.9. The first-order valence-corrected chi connectivity index (χ1v) is 8.22. The van der Waals surface area contributed by atoms with Crippen LogP contribution < -0.4 is 10.1 Å². The fourth-order valence-corrected chi connectivity index (χ4v) is 2.63. The summed E-state index contributed by atoms with van der Waals surface area (Å²) in [7, 11) is 0. The van der Waals surface area contributed by atoms with Gasteiger partial charge in [0.1, 0.15) is 5.75 Å². The Morgan fingerprint density at radius 1 is 1.13 bits per heavy atom. The van der Waals surface area contributed by atoms with Crippen molar-refractivity contribution >= 4 is 34.8 Å². The largest absolute Gasteiger partial charge is 0.484 e. The van der Waals surface area contributed by atoms with Crippen LogP contribution in [0.5, 0.6) is 5.75 Å². The van der Waals surface area contributed by atoms with E-state index >= 15 is 0 Å². The van der Waals surface area contributed by atoms with E-state index < -0.39 is 0 Å². The second kappa shape index (κ2) is 8.23. The molecule has 0 aliphatic heterocycles. The summed E-state index contributed by atoms with van der Waals surface area (Å²) in [5.41, 5.74) is 1.81. The summed E-state index contributed by atoms with van der Waals surface area (Å²) in [4.78, 5) is 11.9. The van der Waals surface area contributed by atoms with Crippen molar-refractivity contribution < 1.29 is 9.53 Å². The van der Waals surface area contributed by atoms with Gasteiger partial charge in [0.05, 0.1) is 0 Å². The molecule has 1 unspecified atom stereocenters.